The molecule has 0 fully saturated rings. The number of carbonyl (C=O) groups excluding carboxylic acids is 1. The Bertz CT molecular complexity index is 1370. The van der Waals surface area contributed by atoms with E-state index < -0.39 is 18.2 Å². The third kappa shape index (κ3) is 4.49. The largest absolute Gasteiger partial charge is 0.497 e. The van der Waals surface area contributed by atoms with Crippen molar-refractivity contribution >= 4 is 22.6 Å². The fraction of sp³-hybridized carbons (Fsp3) is 0.192. The third-order valence-electron chi connectivity index (χ3n) is 5.97. The molecular formula is C26H22F3N3O3. The van der Waals surface area contributed by atoms with Gasteiger partial charge >= 0.3 is 12.2 Å². The number of amides is 2. The monoisotopic (exact) mass is 481 g/mol. The van der Waals surface area contributed by atoms with Gasteiger partial charge in [0.25, 0.3) is 0 Å². The van der Waals surface area contributed by atoms with Crippen LogP contribution < -0.4 is 14.8 Å². The Labute approximate surface area is 199 Å². The van der Waals surface area contributed by atoms with Crippen molar-refractivity contribution in [2.75, 3.05) is 19.0 Å². The van der Waals surface area contributed by atoms with Gasteiger partial charge in [0, 0.05) is 29.2 Å². The lowest BCUT2D eigenvalue weighted by atomic mass is 9.97. The van der Waals surface area contributed by atoms with Crippen molar-refractivity contribution in [1.82, 2.24) is 9.88 Å². The van der Waals surface area contributed by atoms with Crippen molar-refractivity contribution in [3.05, 3.63) is 84.1 Å². The van der Waals surface area contributed by atoms with Crippen molar-refractivity contribution in [2.45, 2.75) is 18.6 Å². The number of anilines is 1. The van der Waals surface area contributed by atoms with Gasteiger partial charge in [0.2, 0.25) is 0 Å². The Hall–Kier alpha value is -4.14. The first-order chi connectivity index (χ1) is 16.8. The Morgan fingerprint density at radius 1 is 1.00 bits per heavy atom. The Balaban J connectivity index is 1.42. The lowest BCUT2D eigenvalue weighted by Gasteiger charge is -2.36. The van der Waals surface area contributed by atoms with Crippen LogP contribution in [0.1, 0.15) is 17.3 Å². The summed E-state index contributed by atoms with van der Waals surface area (Å²) >= 11 is 0. The third-order valence-corrected chi connectivity index (χ3v) is 5.97. The number of aromatic nitrogens is 1. The van der Waals surface area contributed by atoms with E-state index in [1.165, 1.54) is 7.11 Å². The molecule has 1 aliphatic heterocycles. The van der Waals surface area contributed by atoms with Crippen molar-refractivity contribution in [2.24, 2.45) is 0 Å². The molecule has 0 spiro atoms. The van der Waals surface area contributed by atoms with E-state index in [0.717, 1.165) is 4.90 Å². The summed E-state index contributed by atoms with van der Waals surface area (Å²) in [5.41, 5.74) is 1.42. The van der Waals surface area contributed by atoms with Crippen LogP contribution in [0.15, 0.2) is 72.8 Å². The number of H-pyrrole nitrogens is 1. The maximum absolute atomic E-state index is 14.3. The van der Waals surface area contributed by atoms with E-state index in [1.807, 2.05) is 18.2 Å². The molecule has 5 rings (SSSR count). The number of para-hydroxylation sites is 1. The zero-order valence-corrected chi connectivity index (χ0v) is 18.7. The molecule has 1 atom stereocenters. The number of carbonyl (C=O) groups is 1. The van der Waals surface area contributed by atoms with Crippen molar-refractivity contribution < 1.29 is 27.4 Å². The number of ether oxygens (including phenoxy) is 2. The van der Waals surface area contributed by atoms with Crippen LogP contribution >= 0.6 is 0 Å². The lowest BCUT2D eigenvalue weighted by Crippen LogP contribution is -2.48. The van der Waals surface area contributed by atoms with E-state index in [9.17, 15) is 18.0 Å². The zero-order valence-electron chi connectivity index (χ0n) is 18.7. The van der Waals surface area contributed by atoms with Gasteiger partial charge in [0.05, 0.1) is 12.8 Å². The number of urea groups is 1. The smallest absolute Gasteiger partial charge is 0.414 e. The summed E-state index contributed by atoms with van der Waals surface area (Å²) in [5, 5.41) is 3.26. The number of rotatable bonds is 4. The number of benzene rings is 3. The normalized spacial score (nSPS) is 15.5. The number of aromatic amines is 1. The quantitative estimate of drug-likeness (QED) is 0.342. The SMILES string of the molecule is COc1ccc2[nH]c3c(c2c1)CCN(C(=O)Nc1cccc(Oc2ccccc2)c1)C3C(F)(F)F. The highest BCUT2D eigenvalue weighted by atomic mass is 19.4. The molecule has 2 N–H and O–H groups in total. The molecule has 9 heteroatoms. The molecule has 1 aromatic heterocycles. The Kier molecular flexibility index (Phi) is 5.76. The molecule has 0 radical (unpaired) electrons. The van der Waals surface area contributed by atoms with Crippen LogP contribution in [-0.2, 0) is 6.42 Å². The first-order valence-corrected chi connectivity index (χ1v) is 11.0. The molecule has 180 valence electrons. The molecule has 0 bridgehead atoms. The summed E-state index contributed by atoms with van der Waals surface area (Å²) in [6.45, 7) is -0.0899. The molecule has 1 aliphatic rings. The standard InChI is InChI=1S/C26H22F3N3O3/c1-34-18-10-11-22-21(15-18)20-12-13-32(24(23(20)31-22)26(27,28)29)25(33)30-16-6-5-9-19(14-16)35-17-7-3-2-4-8-17/h2-11,14-15,24,31H,12-13H2,1H3,(H,30,33). The number of hydrogen-bond donors (Lipinski definition) is 2. The van der Waals surface area contributed by atoms with E-state index in [4.69, 9.17) is 9.47 Å². The van der Waals surface area contributed by atoms with Gasteiger partial charge in [-0.05, 0) is 54.4 Å². The number of alkyl halides is 3. The average molecular weight is 481 g/mol. The van der Waals surface area contributed by atoms with Gasteiger partial charge < -0.3 is 24.7 Å². The molecule has 0 saturated heterocycles. The molecule has 35 heavy (non-hydrogen) atoms. The second kappa shape index (κ2) is 8.90. The lowest BCUT2D eigenvalue weighted by molar-refractivity contribution is -0.180. The van der Waals surface area contributed by atoms with E-state index >= 15 is 0 Å². The zero-order chi connectivity index (χ0) is 24.6. The van der Waals surface area contributed by atoms with Crippen molar-refractivity contribution in [3.63, 3.8) is 0 Å². The topological polar surface area (TPSA) is 66.6 Å². The summed E-state index contributed by atoms with van der Waals surface area (Å²) in [6.07, 6.45) is -4.39. The molecule has 2 heterocycles. The van der Waals surface area contributed by atoms with Gasteiger partial charge in [0.15, 0.2) is 6.04 Å². The maximum atomic E-state index is 14.3. The molecule has 2 amide bonds. The second-order valence-electron chi connectivity index (χ2n) is 8.19. The Morgan fingerprint density at radius 3 is 2.51 bits per heavy atom. The van der Waals surface area contributed by atoms with Crippen LogP contribution in [0.4, 0.5) is 23.7 Å². The van der Waals surface area contributed by atoms with Crippen LogP contribution in [-0.4, -0.2) is 35.7 Å². The average Bonchev–Trinajstić information content (AvgIpc) is 3.21. The highest BCUT2D eigenvalue weighted by molar-refractivity contribution is 5.91. The summed E-state index contributed by atoms with van der Waals surface area (Å²) in [4.78, 5) is 16.8. The fourth-order valence-corrected chi connectivity index (χ4v) is 4.41. The fourth-order valence-electron chi connectivity index (χ4n) is 4.41. The van der Waals surface area contributed by atoms with E-state index in [0.29, 0.717) is 39.4 Å². The van der Waals surface area contributed by atoms with Gasteiger partial charge in [-0.15, -0.1) is 0 Å². The number of nitrogens with zero attached hydrogens (tertiary/aromatic N) is 1. The van der Waals surface area contributed by atoms with Crippen LogP contribution in [0, 0.1) is 0 Å². The molecule has 1 unspecified atom stereocenters. The maximum Gasteiger partial charge on any atom is 0.414 e. The van der Waals surface area contributed by atoms with E-state index in [-0.39, 0.29) is 18.7 Å². The van der Waals surface area contributed by atoms with Crippen LogP contribution in [0.25, 0.3) is 10.9 Å². The molecule has 4 aromatic rings. The van der Waals surface area contributed by atoms with Crippen LogP contribution in [0.2, 0.25) is 0 Å². The van der Waals surface area contributed by atoms with E-state index in [2.05, 4.69) is 10.3 Å². The van der Waals surface area contributed by atoms with Gasteiger partial charge in [0.1, 0.15) is 17.2 Å². The first kappa shape index (κ1) is 22.6. The Morgan fingerprint density at radius 2 is 1.77 bits per heavy atom. The highest BCUT2D eigenvalue weighted by Crippen LogP contribution is 2.44. The minimum absolute atomic E-state index is 0.0247. The summed E-state index contributed by atoms with van der Waals surface area (Å²) < 4.78 is 53.8. The number of nitrogens with one attached hydrogen (secondary N) is 2. The molecule has 3 aromatic carbocycles. The second-order valence-corrected chi connectivity index (χ2v) is 8.19. The highest BCUT2D eigenvalue weighted by Gasteiger charge is 2.50. The number of fused-ring (bicyclic) bond motifs is 3. The van der Waals surface area contributed by atoms with Gasteiger partial charge in [-0.3, -0.25) is 0 Å². The molecule has 0 aliphatic carbocycles. The minimum atomic E-state index is -4.67. The number of hydrogen-bond acceptors (Lipinski definition) is 3. The predicted octanol–water partition coefficient (Wildman–Crippen LogP) is 6.66. The molecular weight excluding hydrogens is 459 g/mol. The molecule has 6 nitrogen and oxygen atoms in total. The van der Waals surface area contributed by atoms with E-state index in [1.54, 1.807) is 54.6 Å². The van der Waals surface area contributed by atoms with Crippen molar-refractivity contribution in [1.29, 1.82) is 0 Å². The predicted molar refractivity (Wildman–Crippen MR) is 126 cm³/mol. The van der Waals surface area contributed by atoms with Crippen LogP contribution in [0.5, 0.6) is 17.2 Å². The number of halogens is 3. The number of methoxy groups -OCH3 is 1. The summed E-state index contributed by atoms with van der Waals surface area (Å²) in [7, 11) is 1.50. The van der Waals surface area contributed by atoms with Crippen molar-refractivity contribution in [3.8, 4) is 17.2 Å². The summed E-state index contributed by atoms with van der Waals surface area (Å²) in [6, 6.07) is 17.7. The minimum Gasteiger partial charge on any atom is -0.497 e. The molecule has 0 saturated carbocycles. The summed E-state index contributed by atoms with van der Waals surface area (Å²) in [5.74, 6) is 1.61. The van der Waals surface area contributed by atoms with Gasteiger partial charge in [-0.25, -0.2) is 4.79 Å². The first-order valence-electron chi connectivity index (χ1n) is 11.0. The van der Waals surface area contributed by atoms with Gasteiger partial charge in [-0.2, -0.15) is 13.2 Å². The van der Waals surface area contributed by atoms with Crippen LogP contribution in [0.3, 0.4) is 0 Å². The van der Waals surface area contributed by atoms with Gasteiger partial charge in [-0.1, -0.05) is 24.3 Å².